The van der Waals surface area contributed by atoms with Crippen LogP contribution in [0.4, 0.5) is 8.78 Å². The lowest BCUT2D eigenvalue weighted by atomic mass is 9.94. The maximum atomic E-state index is 13.3. The number of halogens is 2. The van der Waals surface area contributed by atoms with E-state index in [-0.39, 0.29) is 17.4 Å². The largest absolute Gasteiger partial charge is 0.505 e. The first kappa shape index (κ1) is 15.3. The normalized spacial score (nSPS) is 11.0. The Morgan fingerprint density at radius 1 is 0.720 bits per heavy atom. The van der Waals surface area contributed by atoms with Gasteiger partial charge >= 0.3 is 0 Å². The molecule has 0 radical (unpaired) electrons. The highest BCUT2D eigenvalue weighted by molar-refractivity contribution is 6.02. The number of hydrogen-bond acceptors (Lipinski definition) is 2. The molecular weight excluding hydrogens is 320 g/mol. The van der Waals surface area contributed by atoms with Gasteiger partial charge in [0, 0.05) is 17.1 Å². The number of aromatic nitrogens is 1. The van der Waals surface area contributed by atoms with E-state index in [1.807, 2.05) is 12.1 Å². The summed E-state index contributed by atoms with van der Waals surface area (Å²) in [6.45, 7) is 0. The highest BCUT2D eigenvalue weighted by atomic mass is 19.1. The van der Waals surface area contributed by atoms with Gasteiger partial charge in [-0.15, -0.1) is 0 Å². The Hall–Kier alpha value is -3.27. The zero-order valence-electron chi connectivity index (χ0n) is 13.1. The molecule has 0 aliphatic rings. The molecule has 3 aromatic carbocycles. The predicted octanol–water partition coefficient (Wildman–Crippen LogP) is 5.55. The molecular formula is C21H13F2NO. The Morgan fingerprint density at radius 3 is 1.88 bits per heavy atom. The lowest BCUT2D eigenvalue weighted by Gasteiger charge is -2.13. The van der Waals surface area contributed by atoms with Gasteiger partial charge in [0.1, 0.15) is 22.9 Å². The van der Waals surface area contributed by atoms with Gasteiger partial charge in [0.15, 0.2) is 0 Å². The minimum atomic E-state index is -0.346. The van der Waals surface area contributed by atoms with Crippen LogP contribution in [0.1, 0.15) is 0 Å². The molecule has 0 saturated carbocycles. The van der Waals surface area contributed by atoms with E-state index in [0.29, 0.717) is 16.6 Å². The zero-order chi connectivity index (χ0) is 17.4. The Labute approximate surface area is 143 Å². The van der Waals surface area contributed by atoms with Crippen LogP contribution in [0.2, 0.25) is 0 Å². The molecule has 25 heavy (non-hydrogen) atoms. The molecule has 0 atom stereocenters. The fraction of sp³-hybridized carbons (Fsp3) is 0. The average molecular weight is 333 g/mol. The standard InChI is InChI=1S/C21H13F2NO/c22-15-7-3-13(4-8-15)18-12-19(14-5-9-16(23)10-6-14)21(25)20-17(18)2-1-11-24-20/h1-12,25H. The second-order valence-electron chi connectivity index (χ2n) is 5.73. The number of phenols is 1. The maximum absolute atomic E-state index is 13.3. The quantitative estimate of drug-likeness (QED) is 0.521. The summed E-state index contributed by atoms with van der Waals surface area (Å²) >= 11 is 0. The van der Waals surface area contributed by atoms with Crippen molar-refractivity contribution in [3.8, 4) is 28.0 Å². The van der Waals surface area contributed by atoms with Gasteiger partial charge in [0.2, 0.25) is 0 Å². The highest BCUT2D eigenvalue weighted by Crippen LogP contribution is 2.40. The van der Waals surface area contributed by atoms with E-state index >= 15 is 0 Å². The van der Waals surface area contributed by atoms with E-state index in [1.165, 1.54) is 24.3 Å². The Bertz CT molecular complexity index is 1060. The van der Waals surface area contributed by atoms with Crippen LogP contribution in [-0.2, 0) is 0 Å². The molecule has 0 amide bonds. The number of phenolic OH excluding ortho intramolecular Hbond substituents is 1. The van der Waals surface area contributed by atoms with E-state index in [9.17, 15) is 13.9 Å². The van der Waals surface area contributed by atoms with E-state index < -0.39 is 0 Å². The van der Waals surface area contributed by atoms with Crippen molar-refractivity contribution in [2.24, 2.45) is 0 Å². The summed E-state index contributed by atoms with van der Waals surface area (Å²) in [6, 6.07) is 17.5. The smallest absolute Gasteiger partial charge is 0.149 e. The van der Waals surface area contributed by atoms with Crippen LogP contribution in [-0.4, -0.2) is 10.1 Å². The van der Waals surface area contributed by atoms with Crippen molar-refractivity contribution < 1.29 is 13.9 Å². The van der Waals surface area contributed by atoms with Crippen LogP contribution in [0.3, 0.4) is 0 Å². The molecule has 4 aromatic rings. The zero-order valence-corrected chi connectivity index (χ0v) is 13.1. The summed E-state index contributed by atoms with van der Waals surface area (Å²) in [5.74, 6) is -0.627. The summed E-state index contributed by atoms with van der Waals surface area (Å²) in [4.78, 5) is 4.29. The molecule has 4 rings (SSSR count). The van der Waals surface area contributed by atoms with Crippen molar-refractivity contribution in [3.63, 3.8) is 0 Å². The van der Waals surface area contributed by atoms with Crippen molar-refractivity contribution >= 4 is 10.9 Å². The third-order valence-electron chi connectivity index (χ3n) is 4.18. The van der Waals surface area contributed by atoms with E-state index in [0.717, 1.165) is 16.5 Å². The number of nitrogens with zero attached hydrogens (tertiary/aromatic N) is 1. The number of pyridine rings is 1. The third-order valence-corrected chi connectivity index (χ3v) is 4.18. The topological polar surface area (TPSA) is 33.1 Å². The van der Waals surface area contributed by atoms with Crippen LogP contribution in [0.15, 0.2) is 72.9 Å². The SMILES string of the molecule is Oc1c(-c2ccc(F)cc2)cc(-c2ccc(F)cc2)c2cccnc12. The summed E-state index contributed by atoms with van der Waals surface area (Å²) in [6.07, 6.45) is 1.60. The molecule has 0 fully saturated rings. The van der Waals surface area contributed by atoms with Gasteiger partial charge < -0.3 is 5.11 Å². The molecule has 1 heterocycles. The highest BCUT2D eigenvalue weighted by Gasteiger charge is 2.15. The number of rotatable bonds is 2. The molecule has 1 N–H and O–H groups in total. The first-order valence-electron chi connectivity index (χ1n) is 7.76. The van der Waals surface area contributed by atoms with Crippen LogP contribution in [0.25, 0.3) is 33.2 Å². The first-order chi connectivity index (χ1) is 12.1. The molecule has 0 saturated heterocycles. The van der Waals surface area contributed by atoms with Gasteiger partial charge in [0.05, 0.1) is 0 Å². The monoisotopic (exact) mass is 333 g/mol. The molecule has 0 bridgehead atoms. The first-order valence-corrected chi connectivity index (χ1v) is 7.76. The van der Waals surface area contributed by atoms with Crippen molar-refractivity contribution in [1.82, 2.24) is 4.98 Å². The molecule has 0 aliphatic heterocycles. The summed E-state index contributed by atoms with van der Waals surface area (Å²) in [5.41, 5.74) is 3.30. The van der Waals surface area contributed by atoms with Gasteiger partial charge in [0.25, 0.3) is 0 Å². The minimum absolute atomic E-state index is 0.0352. The molecule has 0 spiro atoms. The average Bonchev–Trinajstić information content (AvgIpc) is 2.64. The predicted molar refractivity (Wildman–Crippen MR) is 94.2 cm³/mol. The van der Waals surface area contributed by atoms with Crippen molar-refractivity contribution in [2.75, 3.05) is 0 Å². The fourth-order valence-corrected chi connectivity index (χ4v) is 2.95. The van der Waals surface area contributed by atoms with E-state index in [4.69, 9.17) is 0 Å². The Balaban J connectivity index is 2.03. The number of hydrogen-bond donors (Lipinski definition) is 1. The summed E-state index contributed by atoms with van der Waals surface area (Å²) < 4.78 is 26.5. The van der Waals surface area contributed by atoms with Gasteiger partial charge in [-0.05, 0) is 53.1 Å². The summed E-state index contributed by atoms with van der Waals surface area (Å²) in [7, 11) is 0. The lowest BCUT2D eigenvalue weighted by molar-refractivity contribution is 0.482. The second-order valence-corrected chi connectivity index (χ2v) is 5.73. The number of aromatic hydroxyl groups is 1. The van der Waals surface area contributed by atoms with Crippen molar-refractivity contribution in [2.45, 2.75) is 0 Å². The van der Waals surface area contributed by atoms with E-state index in [1.54, 1.807) is 36.5 Å². The van der Waals surface area contributed by atoms with Gasteiger partial charge in [-0.25, -0.2) is 8.78 Å². The van der Waals surface area contributed by atoms with Crippen molar-refractivity contribution in [3.05, 3.63) is 84.6 Å². The minimum Gasteiger partial charge on any atom is -0.505 e. The van der Waals surface area contributed by atoms with Gasteiger partial charge in [-0.2, -0.15) is 0 Å². The van der Waals surface area contributed by atoms with Crippen LogP contribution in [0.5, 0.6) is 5.75 Å². The second kappa shape index (κ2) is 5.98. The molecule has 0 aliphatic carbocycles. The molecule has 1 aromatic heterocycles. The molecule has 122 valence electrons. The number of benzene rings is 3. The van der Waals surface area contributed by atoms with Crippen LogP contribution in [0, 0.1) is 11.6 Å². The fourth-order valence-electron chi connectivity index (χ4n) is 2.95. The molecule has 2 nitrogen and oxygen atoms in total. The third kappa shape index (κ3) is 2.72. The van der Waals surface area contributed by atoms with Crippen LogP contribution < -0.4 is 0 Å². The van der Waals surface area contributed by atoms with E-state index in [2.05, 4.69) is 4.98 Å². The van der Waals surface area contributed by atoms with Crippen molar-refractivity contribution in [1.29, 1.82) is 0 Å². The lowest BCUT2D eigenvalue weighted by Crippen LogP contribution is -1.89. The summed E-state index contributed by atoms with van der Waals surface area (Å²) in [5, 5.41) is 11.4. The van der Waals surface area contributed by atoms with Gasteiger partial charge in [-0.1, -0.05) is 30.3 Å². The number of fused-ring (bicyclic) bond motifs is 1. The Kier molecular flexibility index (Phi) is 3.65. The maximum Gasteiger partial charge on any atom is 0.149 e. The van der Waals surface area contributed by atoms with Gasteiger partial charge in [-0.3, -0.25) is 4.98 Å². The Morgan fingerprint density at radius 2 is 1.28 bits per heavy atom. The molecule has 0 unspecified atom stereocenters. The molecule has 4 heteroatoms. The van der Waals surface area contributed by atoms with Crippen LogP contribution >= 0.6 is 0 Å².